The average molecular weight is 465 g/mol. The van der Waals surface area contributed by atoms with Crippen LogP contribution in [0, 0.1) is 46.3 Å². The van der Waals surface area contributed by atoms with E-state index < -0.39 is 11.4 Å². The monoisotopic (exact) mass is 464 g/mol. The number of fused-ring (bicyclic) bond motifs is 7. The highest BCUT2D eigenvalue weighted by atomic mass is 16.7. The van der Waals surface area contributed by atoms with Crippen LogP contribution in [-0.2, 0) is 9.47 Å². The van der Waals surface area contributed by atoms with Crippen molar-refractivity contribution in [1.29, 1.82) is 0 Å². The van der Waals surface area contributed by atoms with E-state index in [-0.39, 0.29) is 36.1 Å². The Morgan fingerprint density at radius 3 is 2.52 bits per heavy atom. The molecule has 0 radical (unpaired) electrons. The van der Waals surface area contributed by atoms with Gasteiger partial charge in [0.25, 0.3) is 0 Å². The van der Waals surface area contributed by atoms with Crippen LogP contribution in [-0.4, -0.2) is 52.6 Å². The summed E-state index contributed by atoms with van der Waals surface area (Å²) in [5.41, 5.74) is -0.687. The van der Waals surface area contributed by atoms with E-state index in [1.165, 1.54) is 19.3 Å². The molecule has 5 heteroatoms. The number of rotatable bonds is 5. The number of aliphatic hydroxyl groups is 3. The van der Waals surface area contributed by atoms with Crippen LogP contribution < -0.4 is 0 Å². The van der Waals surface area contributed by atoms with Gasteiger partial charge >= 0.3 is 0 Å². The van der Waals surface area contributed by atoms with Crippen molar-refractivity contribution in [3.63, 3.8) is 0 Å². The molecular formula is C28H48O5. The van der Waals surface area contributed by atoms with Gasteiger partial charge in [-0.15, -0.1) is 0 Å². The Kier molecular flexibility index (Phi) is 6.06. The van der Waals surface area contributed by atoms with Gasteiger partial charge in [-0.25, -0.2) is 0 Å². The lowest BCUT2D eigenvalue weighted by molar-refractivity contribution is -0.242. The molecule has 1 aliphatic heterocycles. The van der Waals surface area contributed by atoms with Gasteiger partial charge in [0.1, 0.15) is 5.60 Å². The Morgan fingerprint density at radius 2 is 1.82 bits per heavy atom. The average Bonchev–Trinajstić information content (AvgIpc) is 3.16. The van der Waals surface area contributed by atoms with Gasteiger partial charge in [0.2, 0.25) is 0 Å². The zero-order chi connectivity index (χ0) is 23.8. The number of aliphatic hydroxyl groups excluding tert-OH is 2. The van der Waals surface area contributed by atoms with Gasteiger partial charge in [-0.2, -0.15) is 0 Å². The molecule has 12 atom stereocenters. The molecule has 4 saturated carbocycles. The van der Waals surface area contributed by atoms with E-state index in [2.05, 4.69) is 27.7 Å². The second-order valence-corrected chi connectivity index (χ2v) is 13.3. The fourth-order valence-electron chi connectivity index (χ4n) is 10.00. The van der Waals surface area contributed by atoms with Crippen molar-refractivity contribution in [2.24, 2.45) is 46.3 Å². The van der Waals surface area contributed by atoms with Crippen LogP contribution in [0.4, 0.5) is 0 Å². The third-order valence-electron chi connectivity index (χ3n) is 12.2. The van der Waals surface area contributed by atoms with Gasteiger partial charge in [-0.1, -0.05) is 27.7 Å². The summed E-state index contributed by atoms with van der Waals surface area (Å²) in [5, 5.41) is 32.3. The summed E-state index contributed by atoms with van der Waals surface area (Å²) in [6, 6.07) is 0. The van der Waals surface area contributed by atoms with Gasteiger partial charge in [0, 0.05) is 31.5 Å². The van der Waals surface area contributed by atoms with Gasteiger partial charge in [-0.3, -0.25) is 0 Å². The van der Waals surface area contributed by atoms with Crippen molar-refractivity contribution in [1.82, 2.24) is 0 Å². The van der Waals surface area contributed by atoms with Crippen LogP contribution in [0.5, 0.6) is 0 Å². The maximum atomic E-state index is 12.5. The summed E-state index contributed by atoms with van der Waals surface area (Å²) < 4.78 is 12.8. The topological polar surface area (TPSA) is 79.2 Å². The molecule has 5 aliphatic rings. The number of hydrogen-bond acceptors (Lipinski definition) is 5. The standard InChI is InChI=1S/C28H48O5/c1-17(16-29)8-13-27(32-5)18(2)28(31)24(33-27)15-23-21-7-6-19-14-20(30)9-11-25(19,3)22(21)10-12-26(23,28)4/h17-24,29-31H,6-16H2,1-5H3/t17-,18-,19?,20+,21-,22+,23+,24+,25+,26+,27-,28-/m1/s1. The minimum atomic E-state index is -0.873. The Bertz CT molecular complexity index is 744. The summed E-state index contributed by atoms with van der Waals surface area (Å²) in [6.45, 7) is 9.24. The van der Waals surface area contributed by atoms with Gasteiger partial charge < -0.3 is 24.8 Å². The van der Waals surface area contributed by atoms with Crippen LogP contribution in [0.2, 0.25) is 0 Å². The molecule has 1 heterocycles. The number of hydrogen-bond donors (Lipinski definition) is 3. The highest BCUT2D eigenvalue weighted by Crippen LogP contribution is 2.72. The highest BCUT2D eigenvalue weighted by molar-refractivity contribution is 5.23. The molecule has 5 fully saturated rings. The van der Waals surface area contributed by atoms with Crippen LogP contribution in [0.1, 0.15) is 91.9 Å². The van der Waals surface area contributed by atoms with Crippen LogP contribution in [0.25, 0.3) is 0 Å². The lowest BCUT2D eigenvalue weighted by Gasteiger charge is -2.62. The Morgan fingerprint density at radius 1 is 1.06 bits per heavy atom. The predicted octanol–water partition coefficient (Wildman–Crippen LogP) is 4.52. The number of methoxy groups -OCH3 is 1. The SMILES string of the molecule is CO[C@]1(CC[C@@H](C)CO)O[C@H]2C[C@H]3[C@@H]4CCC5C[C@@H](O)CC[C@]5(C)[C@H]4CC[C@]3(C)[C@@]2(O)[C@@H]1C. The van der Waals surface area contributed by atoms with E-state index in [1.54, 1.807) is 7.11 Å². The van der Waals surface area contributed by atoms with Crippen LogP contribution in [0.15, 0.2) is 0 Å². The number of ether oxygens (including phenoxy) is 2. The zero-order valence-corrected chi connectivity index (χ0v) is 21.6. The fraction of sp³-hybridized carbons (Fsp3) is 1.00. The lowest BCUT2D eigenvalue weighted by atomic mass is 9.44. The minimum absolute atomic E-state index is 0.103. The summed E-state index contributed by atoms with van der Waals surface area (Å²) in [4.78, 5) is 0. The molecule has 190 valence electrons. The largest absolute Gasteiger partial charge is 0.396 e. The van der Waals surface area contributed by atoms with Crippen molar-refractivity contribution in [2.45, 2.75) is 115 Å². The van der Waals surface area contributed by atoms with Crippen molar-refractivity contribution >= 4 is 0 Å². The van der Waals surface area contributed by atoms with E-state index in [9.17, 15) is 15.3 Å². The molecule has 0 aromatic rings. The van der Waals surface area contributed by atoms with Crippen LogP contribution in [0.3, 0.4) is 0 Å². The van der Waals surface area contributed by atoms with Crippen molar-refractivity contribution in [3.8, 4) is 0 Å². The van der Waals surface area contributed by atoms with E-state index in [0.717, 1.165) is 38.5 Å². The van der Waals surface area contributed by atoms with Crippen molar-refractivity contribution in [3.05, 3.63) is 0 Å². The van der Waals surface area contributed by atoms with E-state index >= 15 is 0 Å². The fourth-order valence-corrected chi connectivity index (χ4v) is 10.00. The van der Waals surface area contributed by atoms with Gasteiger partial charge in [-0.05, 0) is 92.8 Å². The Hall–Kier alpha value is -0.200. The van der Waals surface area contributed by atoms with E-state index in [1.807, 2.05) is 0 Å². The smallest absolute Gasteiger partial charge is 0.173 e. The molecule has 33 heavy (non-hydrogen) atoms. The minimum Gasteiger partial charge on any atom is -0.396 e. The first-order valence-corrected chi connectivity index (χ1v) is 13.8. The molecule has 5 nitrogen and oxygen atoms in total. The molecule has 1 unspecified atom stereocenters. The first-order chi connectivity index (χ1) is 15.6. The summed E-state index contributed by atoms with van der Waals surface area (Å²) >= 11 is 0. The highest BCUT2D eigenvalue weighted by Gasteiger charge is 2.76. The molecule has 0 bridgehead atoms. The maximum absolute atomic E-state index is 12.5. The van der Waals surface area contributed by atoms with E-state index in [4.69, 9.17) is 9.47 Å². The first kappa shape index (κ1) is 24.5. The lowest BCUT2D eigenvalue weighted by Crippen LogP contribution is -2.60. The quantitative estimate of drug-likeness (QED) is 0.558. The second kappa shape index (κ2) is 8.16. The normalized spacial score (nSPS) is 56.5. The van der Waals surface area contributed by atoms with Crippen molar-refractivity contribution < 1.29 is 24.8 Å². The third kappa shape index (κ3) is 3.21. The maximum Gasteiger partial charge on any atom is 0.173 e. The molecule has 0 amide bonds. The Balaban J connectivity index is 1.41. The predicted molar refractivity (Wildman–Crippen MR) is 127 cm³/mol. The van der Waals surface area contributed by atoms with Crippen LogP contribution >= 0.6 is 0 Å². The molecular weight excluding hydrogens is 416 g/mol. The van der Waals surface area contributed by atoms with Gasteiger partial charge in [0.05, 0.1) is 12.2 Å². The molecule has 5 rings (SSSR count). The molecule has 1 saturated heterocycles. The van der Waals surface area contributed by atoms with E-state index in [0.29, 0.717) is 35.5 Å². The zero-order valence-electron chi connectivity index (χ0n) is 21.6. The molecule has 0 spiro atoms. The summed E-state index contributed by atoms with van der Waals surface area (Å²) in [7, 11) is 1.72. The summed E-state index contributed by atoms with van der Waals surface area (Å²) in [5.74, 6) is 1.83. The second-order valence-electron chi connectivity index (χ2n) is 13.3. The molecule has 4 aliphatic carbocycles. The molecule has 3 N–H and O–H groups in total. The summed E-state index contributed by atoms with van der Waals surface area (Å²) in [6.07, 6.45) is 9.97. The van der Waals surface area contributed by atoms with Crippen molar-refractivity contribution in [2.75, 3.05) is 13.7 Å². The Labute approximate surface area is 200 Å². The third-order valence-corrected chi connectivity index (χ3v) is 12.2. The molecule has 0 aromatic carbocycles. The first-order valence-electron chi connectivity index (χ1n) is 13.8. The molecule has 0 aromatic heterocycles. The van der Waals surface area contributed by atoms with Gasteiger partial charge in [0.15, 0.2) is 5.79 Å².